The van der Waals surface area contributed by atoms with Crippen molar-refractivity contribution in [3.05, 3.63) is 65.0 Å². The molecule has 37 heavy (non-hydrogen) atoms. The van der Waals surface area contributed by atoms with Gasteiger partial charge in [0.15, 0.2) is 0 Å². The Balaban J connectivity index is 1.50. The summed E-state index contributed by atoms with van der Waals surface area (Å²) in [5.74, 6) is -1.02. The van der Waals surface area contributed by atoms with Crippen LogP contribution >= 0.6 is 0 Å². The highest BCUT2D eigenvalue weighted by atomic mass is 19.1. The van der Waals surface area contributed by atoms with E-state index in [0.717, 1.165) is 37.7 Å². The van der Waals surface area contributed by atoms with E-state index in [2.05, 4.69) is 19.2 Å². The van der Waals surface area contributed by atoms with Crippen molar-refractivity contribution in [1.29, 1.82) is 0 Å². The number of carbonyl (C=O) groups is 2. The minimum Gasteiger partial charge on any atom is -0.478 e. The molecule has 0 heterocycles. The standard InChI is InChI=1S/C29H39FN2O5/c1-4-20(2)18-32(29(35)31-24-11-6-10-23(30)16-24)14-15-36-25-12-7-13-26(17-25)37-19-22-9-5-8-21(3)27(22)28(33)34/h5-6,8-11,16,20,25-26H,4,7,12-15,17-19H2,1-3H3,(H,31,35)(H,33,34)/t20?,25?,26-/m1/s1. The first-order chi connectivity index (χ1) is 17.8. The summed E-state index contributed by atoms with van der Waals surface area (Å²) < 4.78 is 25.8. The van der Waals surface area contributed by atoms with Gasteiger partial charge in [0, 0.05) is 18.8 Å². The molecule has 2 aromatic carbocycles. The Morgan fingerprint density at radius 3 is 2.59 bits per heavy atom. The van der Waals surface area contributed by atoms with Crippen molar-refractivity contribution in [1.82, 2.24) is 4.90 Å². The third-order valence-electron chi connectivity index (χ3n) is 6.93. The molecule has 0 aliphatic heterocycles. The van der Waals surface area contributed by atoms with Crippen LogP contribution in [-0.2, 0) is 16.1 Å². The van der Waals surface area contributed by atoms with Gasteiger partial charge in [0.2, 0.25) is 0 Å². The average Bonchev–Trinajstić information content (AvgIpc) is 2.86. The summed E-state index contributed by atoms with van der Waals surface area (Å²) in [5.41, 5.74) is 2.14. The molecule has 0 saturated heterocycles. The first-order valence-corrected chi connectivity index (χ1v) is 13.1. The smallest absolute Gasteiger partial charge is 0.336 e. The number of nitrogens with zero attached hydrogens (tertiary/aromatic N) is 1. The molecule has 0 spiro atoms. The highest BCUT2D eigenvalue weighted by Gasteiger charge is 2.25. The predicted molar refractivity (Wildman–Crippen MR) is 141 cm³/mol. The van der Waals surface area contributed by atoms with Gasteiger partial charge >= 0.3 is 12.0 Å². The molecule has 2 N–H and O–H groups in total. The zero-order chi connectivity index (χ0) is 26.8. The Kier molecular flexibility index (Phi) is 10.9. The van der Waals surface area contributed by atoms with Gasteiger partial charge in [-0.25, -0.2) is 14.0 Å². The maximum Gasteiger partial charge on any atom is 0.336 e. The lowest BCUT2D eigenvalue weighted by Gasteiger charge is -2.31. The second-order valence-electron chi connectivity index (χ2n) is 9.91. The number of benzene rings is 2. The second kappa shape index (κ2) is 14.1. The molecule has 1 fully saturated rings. The number of aromatic carboxylic acids is 1. The Morgan fingerprint density at radius 1 is 1.16 bits per heavy atom. The predicted octanol–water partition coefficient (Wildman–Crippen LogP) is 6.26. The number of carbonyl (C=O) groups excluding carboxylic acids is 1. The Labute approximate surface area is 219 Å². The van der Waals surface area contributed by atoms with Gasteiger partial charge in [-0.2, -0.15) is 0 Å². The lowest BCUT2D eigenvalue weighted by molar-refractivity contribution is -0.0525. The van der Waals surface area contributed by atoms with Crippen LogP contribution in [0.1, 0.15) is 67.4 Å². The lowest BCUT2D eigenvalue weighted by Crippen LogP contribution is -2.41. The van der Waals surface area contributed by atoms with E-state index < -0.39 is 11.8 Å². The molecule has 0 radical (unpaired) electrons. The fourth-order valence-corrected chi connectivity index (χ4v) is 4.65. The van der Waals surface area contributed by atoms with Crippen LogP contribution in [0.15, 0.2) is 42.5 Å². The number of aryl methyl sites for hydroxylation is 1. The van der Waals surface area contributed by atoms with Crippen molar-refractivity contribution in [3.63, 3.8) is 0 Å². The van der Waals surface area contributed by atoms with Crippen molar-refractivity contribution < 1.29 is 28.6 Å². The molecule has 3 rings (SSSR count). The zero-order valence-electron chi connectivity index (χ0n) is 22.0. The number of amides is 2. The number of carboxylic acid groups (broad SMARTS) is 1. The van der Waals surface area contributed by atoms with E-state index in [1.54, 1.807) is 36.1 Å². The van der Waals surface area contributed by atoms with E-state index in [1.807, 2.05) is 6.07 Å². The monoisotopic (exact) mass is 514 g/mol. The molecule has 1 aliphatic rings. The summed E-state index contributed by atoms with van der Waals surface area (Å²) >= 11 is 0. The summed E-state index contributed by atoms with van der Waals surface area (Å²) in [6.07, 6.45) is 4.48. The number of rotatable bonds is 12. The van der Waals surface area contributed by atoms with Gasteiger partial charge in [0.1, 0.15) is 5.82 Å². The summed E-state index contributed by atoms with van der Waals surface area (Å²) in [7, 11) is 0. The molecule has 7 nitrogen and oxygen atoms in total. The van der Waals surface area contributed by atoms with Crippen molar-refractivity contribution in [2.75, 3.05) is 25.0 Å². The largest absolute Gasteiger partial charge is 0.478 e. The number of nitrogens with one attached hydrogen (secondary N) is 1. The van der Waals surface area contributed by atoms with Crippen LogP contribution in [0, 0.1) is 18.7 Å². The summed E-state index contributed by atoms with van der Waals surface area (Å²) in [6, 6.07) is 11.0. The summed E-state index contributed by atoms with van der Waals surface area (Å²) in [4.78, 5) is 26.3. The Morgan fingerprint density at radius 2 is 1.89 bits per heavy atom. The Bertz CT molecular complexity index is 1050. The van der Waals surface area contributed by atoms with Crippen LogP contribution in [0.4, 0.5) is 14.9 Å². The number of halogens is 1. The van der Waals surface area contributed by atoms with Crippen molar-refractivity contribution in [3.8, 4) is 0 Å². The molecule has 0 aromatic heterocycles. The van der Waals surface area contributed by atoms with E-state index in [9.17, 15) is 19.1 Å². The van der Waals surface area contributed by atoms with Gasteiger partial charge in [0.25, 0.3) is 0 Å². The lowest BCUT2D eigenvalue weighted by atomic mass is 9.94. The average molecular weight is 515 g/mol. The molecular weight excluding hydrogens is 475 g/mol. The van der Waals surface area contributed by atoms with Gasteiger partial charge < -0.3 is 24.8 Å². The van der Waals surface area contributed by atoms with Gasteiger partial charge in [-0.05, 0) is 67.9 Å². The first kappa shape index (κ1) is 28.6. The molecule has 1 aliphatic carbocycles. The fourth-order valence-electron chi connectivity index (χ4n) is 4.65. The van der Waals surface area contributed by atoms with Gasteiger partial charge in [-0.1, -0.05) is 44.5 Å². The normalized spacial score (nSPS) is 18.3. The van der Waals surface area contributed by atoms with Crippen molar-refractivity contribution >= 4 is 17.7 Å². The van der Waals surface area contributed by atoms with Crippen LogP contribution in [0.3, 0.4) is 0 Å². The second-order valence-corrected chi connectivity index (χ2v) is 9.91. The van der Waals surface area contributed by atoms with Crippen LogP contribution < -0.4 is 5.32 Å². The quantitative estimate of drug-likeness (QED) is 0.349. The first-order valence-electron chi connectivity index (χ1n) is 13.1. The molecule has 2 unspecified atom stereocenters. The number of hydrogen-bond donors (Lipinski definition) is 2. The molecule has 8 heteroatoms. The molecule has 2 aromatic rings. The van der Waals surface area contributed by atoms with Gasteiger partial charge in [-0.15, -0.1) is 0 Å². The molecular formula is C29H39FN2O5. The summed E-state index contributed by atoms with van der Waals surface area (Å²) in [5, 5.41) is 12.3. The molecule has 3 atom stereocenters. The Hall–Kier alpha value is -2.97. The molecule has 1 saturated carbocycles. The molecule has 0 bridgehead atoms. The van der Waals surface area contributed by atoms with Gasteiger partial charge in [0.05, 0.1) is 31.0 Å². The number of hydrogen-bond acceptors (Lipinski definition) is 4. The number of anilines is 1. The third-order valence-corrected chi connectivity index (χ3v) is 6.93. The van der Waals surface area contributed by atoms with Crippen molar-refractivity contribution in [2.45, 2.75) is 71.7 Å². The number of urea groups is 1. The van der Waals surface area contributed by atoms with E-state index >= 15 is 0 Å². The highest BCUT2D eigenvalue weighted by Crippen LogP contribution is 2.25. The van der Waals surface area contributed by atoms with Crippen LogP contribution in [0.2, 0.25) is 0 Å². The highest BCUT2D eigenvalue weighted by molar-refractivity contribution is 5.91. The summed E-state index contributed by atoms with van der Waals surface area (Å²) in [6.45, 7) is 7.63. The number of carboxylic acids is 1. The molecule has 2 amide bonds. The number of ether oxygens (including phenoxy) is 2. The van der Waals surface area contributed by atoms with E-state index in [0.29, 0.717) is 42.4 Å². The minimum atomic E-state index is -0.940. The minimum absolute atomic E-state index is 0.00611. The zero-order valence-corrected chi connectivity index (χ0v) is 22.0. The van der Waals surface area contributed by atoms with Crippen LogP contribution in [-0.4, -0.2) is 53.9 Å². The van der Waals surface area contributed by atoms with Crippen LogP contribution in [0.5, 0.6) is 0 Å². The van der Waals surface area contributed by atoms with Gasteiger partial charge in [-0.3, -0.25) is 0 Å². The van der Waals surface area contributed by atoms with E-state index in [-0.39, 0.29) is 24.8 Å². The van der Waals surface area contributed by atoms with Crippen molar-refractivity contribution in [2.24, 2.45) is 5.92 Å². The van der Waals surface area contributed by atoms with E-state index in [4.69, 9.17) is 9.47 Å². The van der Waals surface area contributed by atoms with Crippen LogP contribution in [0.25, 0.3) is 0 Å². The maximum absolute atomic E-state index is 13.5. The third kappa shape index (κ3) is 8.83. The molecule has 202 valence electrons. The SMILES string of the molecule is CCC(C)CN(CCOC1CCC[C@@H](OCc2cccc(C)c2C(=O)O)C1)C(=O)Nc1cccc(F)c1. The fraction of sp³-hybridized carbons (Fsp3) is 0.517. The maximum atomic E-state index is 13.5. The van der Waals surface area contributed by atoms with E-state index in [1.165, 1.54) is 12.1 Å². The topological polar surface area (TPSA) is 88.1 Å².